The lowest BCUT2D eigenvalue weighted by Gasteiger charge is -2.48. The van der Waals surface area contributed by atoms with Crippen molar-refractivity contribution in [3.8, 4) is 0 Å². The minimum Gasteiger partial charge on any atom is -0.391 e. The molecule has 106 valence electrons. The van der Waals surface area contributed by atoms with Crippen molar-refractivity contribution in [1.82, 2.24) is 4.90 Å². The molecule has 2 heteroatoms. The number of hydrogen-bond acceptors (Lipinski definition) is 2. The molecule has 1 aliphatic carbocycles. The first-order chi connectivity index (χ1) is 8.68. The van der Waals surface area contributed by atoms with Crippen LogP contribution in [0.3, 0.4) is 0 Å². The van der Waals surface area contributed by atoms with Gasteiger partial charge in [0.25, 0.3) is 0 Å². The van der Waals surface area contributed by atoms with Crippen LogP contribution in [-0.4, -0.2) is 34.7 Å². The van der Waals surface area contributed by atoms with E-state index in [0.29, 0.717) is 5.92 Å². The van der Waals surface area contributed by atoms with Crippen LogP contribution in [0.25, 0.3) is 0 Å². The molecule has 0 spiro atoms. The van der Waals surface area contributed by atoms with Crippen molar-refractivity contribution in [2.24, 2.45) is 5.92 Å². The fourth-order valence-corrected chi connectivity index (χ4v) is 3.98. The third-order valence-corrected chi connectivity index (χ3v) is 5.53. The second kappa shape index (κ2) is 6.38. The summed E-state index contributed by atoms with van der Waals surface area (Å²) < 4.78 is 0. The minimum absolute atomic E-state index is 0.0163. The molecule has 1 N–H and O–H groups in total. The maximum Gasteiger partial charge on any atom is 0.0749 e. The van der Waals surface area contributed by atoms with Crippen molar-refractivity contribution < 1.29 is 5.11 Å². The minimum atomic E-state index is -0.124. The van der Waals surface area contributed by atoms with E-state index in [1.54, 1.807) is 0 Å². The largest absolute Gasteiger partial charge is 0.391 e. The monoisotopic (exact) mass is 253 g/mol. The molecule has 0 radical (unpaired) electrons. The van der Waals surface area contributed by atoms with Gasteiger partial charge in [-0.15, -0.1) is 0 Å². The van der Waals surface area contributed by atoms with Crippen LogP contribution in [0.1, 0.15) is 71.6 Å². The van der Waals surface area contributed by atoms with Crippen LogP contribution in [0.15, 0.2) is 0 Å². The molecule has 1 heterocycles. The van der Waals surface area contributed by atoms with E-state index in [-0.39, 0.29) is 11.6 Å². The van der Waals surface area contributed by atoms with Crippen LogP contribution in [-0.2, 0) is 0 Å². The predicted octanol–water partition coefficient (Wildman–Crippen LogP) is 3.58. The molecule has 1 saturated heterocycles. The zero-order valence-electron chi connectivity index (χ0n) is 12.3. The maximum absolute atomic E-state index is 10.9. The Morgan fingerprint density at radius 3 is 2.17 bits per heavy atom. The molecule has 2 aliphatic rings. The van der Waals surface area contributed by atoms with Crippen LogP contribution in [0.5, 0.6) is 0 Å². The number of aliphatic hydroxyl groups is 1. The van der Waals surface area contributed by atoms with Gasteiger partial charge in [0.05, 0.1) is 6.10 Å². The summed E-state index contributed by atoms with van der Waals surface area (Å²) in [6.07, 6.45) is 11.4. The molecule has 0 amide bonds. The summed E-state index contributed by atoms with van der Waals surface area (Å²) in [4.78, 5) is 2.58. The molecule has 0 aromatic heterocycles. The number of rotatable bonds is 4. The maximum atomic E-state index is 10.9. The molecular weight excluding hydrogens is 222 g/mol. The van der Waals surface area contributed by atoms with Gasteiger partial charge in [-0.05, 0) is 58.0 Å². The van der Waals surface area contributed by atoms with E-state index in [1.165, 1.54) is 64.5 Å². The van der Waals surface area contributed by atoms with Crippen LogP contribution >= 0.6 is 0 Å². The fourth-order valence-electron chi connectivity index (χ4n) is 3.98. The van der Waals surface area contributed by atoms with Gasteiger partial charge in [0, 0.05) is 5.54 Å². The van der Waals surface area contributed by atoms with Crippen molar-refractivity contribution in [2.75, 3.05) is 13.1 Å². The number of nitrogens with zero attached hydrogens (tertiary/aromatic N) is 1. The Hall–Kier alpha value is -0.0800. The molecule has 2 nitrogen and oxygen atoms in total. The third kappa shape index (κ3) is 2.91. The Kier molecular flexibility index (Phi) is 5.08. The zero-order chi connectivity index (χ0) is 13.0. The van der Waals surface area contributed by atoms with E-state index in [4.69, 9.17) is 0 Å². The molecule has 1 aliphatic heterocycles. The summed E-state index contributed by atoms with van der Waals surface area (Å²) in [5.74, 6) is 0.547. The van der Waals surface area contributed by atoms with E-state index in [0.717, 1.165) is 6.42 Å². The number of likely N-dealkylation sites (tertiary alicyclic amines) is 1. The SMILES string of the molecule is CCC(C)(C(O)C1CCCCC1)N1CCCCC1. The zero-order valence-corrected chi connectivity index (χ0v) is 12.3. The lowest BCUT2D eigenvalue weighted by Crippen LogP contribution is -2.58. The summed E-state index contributed by atoms with van der Waals surface area (Å²) in [6.45, 7) is 6.93. The van der Waals surface area contributed by atoms with Gasteiger partial charge in [-0.2, -0.15) is 0 Å². The van der Waals surface area contributed by atoms with Gasteiger partial charge >= 0.3 is 0 Å². The molecular formula is C16H31NO. The first-order valence-electron chi connectivity index (χ1n) is 8.11. The van der Waals surface area contributed by atoms with Crippen LogP contribution in [0.4, 0.5) is 0 Å². The van der Waals surface area contributed by atoms with E-state index in [1.807, 2.05) is 0 Å². The quantitative estimate of drug-likeness (QED) is 0.828. The average Bonchev–Trinajstić information content (AvgIpc) is 2.47. The molecule has 2 fully saturated rings. The van der Waals surface area contributed by atoms with Gasteiger partial charge in [-0.25, -0.2) is 0 Å². The molecule has 0 aromatic carbocycles. The molecule has 2 atom stereocenters. The predicted molar refractivity (Wildman–Crippen MR) is 76.7 cm³/mol. The number of piperidine rings is 1. The summed E-state index contributed by atoms with van der Waals surface area (Å²) in [6, 6.07) is 0. The molecule has 2 unspecified atom stereocenters. The van der Waals surface area contributed by atoms with Crippen LogP contribution in [0.2, 0.25) is 0 Å². The van der Waals surface area contributed by atoms with Gasteiger partial charge in [0.15, 0.2) is 0 Å². The van der Waals surface area contributed by atoms with Gasteiger partial charge in [0.2, 0.25) is 0 Å². The molecule has 2 rings (SSSR count). The third-order valence-electron chi connectivity index (χ3n) is 5.53. The van der Waals surface area contributed by atoms with Gasteiger partial charge in [-0.3, -0.25) is 4.90 Å². The smallest absolute Gasteiger partial charge is 0.0749 e. The second-order valence-electron chi connectivity index (χ2n) is 6.60. The summed E-state index contributed by atoms with van der Waals surface area (Å²) in [5, 5.41) is 10.9. The lowest BCUT2D eigenvalue weighted by molar-refractivity contribution is -0.0687. The normalized spacial score (nSPS) is 28.8. The Bertz CT molecular complexity index is 243. The number of hydrogen-bond donors (Lipinski definition) is 1. The van der Waals surface area contributed by atoms with Gasteiger partial charge < -0.3 is 5.11 Å². The second-order valence-corrected chi connectivity index (χ2v) is 6.60. The van der Waals surface area contributed by atoms with Crippen LogP contribution in [0, 0.1) is 5.92 Å². The van der Waals surface area contributed by atoms with E-state index < -0.39 is 0 Å². The summed E-state index contributed by atoms with van der Waals surface area (Å²) in [5.41, 5.74) is 0.0163. The van der Waals surface area contributed by atoms with E-state index >= 15 is 0 Å². The number of aliphatic hydroxyl groups excluding tert-OH is 1. The Morgan fingerprint density at radius 2 is 1.61 bits per heavy atom. The molecule has 18 heavy (non-hydrogen) atoms. The standard InChI is InChI=1S/C16H31NO/c1-3-16(2,17-12-8-5-9-13-17)15(18)14-10-6-4-7-11-14/h14-15,18H,3-13H2,1-2H3. The van der Waals surface area contributed by atoms with Crippen molar-refractivity contribution in [3.63, 3.8) is 0 Å². The Morgan fingerprint density at radius 1 is 1.06 bits per heavy atom. The fraction of sp³-hybridized carbons (Fsp3) is 1.00. The van der Waals surface area contributed by atoms with Crippen molar-refractivity contribution in [2.45, 2.75) is 83.3 Å². The molecule has 0 bridgehead atoms. The highest BCUT2D eigenvalue weighted by Gasteiger charge is 2.41. The topological polar surface area (TPSA) is 23.5 Å². The molecule has 0 aromatic rings. The first-order valence-corrected chi connectivity index (χ1v) is 8.11. The Balaban J connectivity index is 2.03. The van der Waals surface area contributed by atoms with Gasteiger partial charge in [0.1, 0.15) is 0 Å². The van der Waals surface area contributed by atoms with Gasteiger partial charge in [-0.1, -0.05) is 32.6 Å². The van der Waals surface area contributed by atoms with E-state index in [2.05, 4.69) is 18.7 Å². The van der Waals surface area contributed by atoms with Crippen molar-refractivity contribution >= 4 is 0 Å². The summed E-state index contributed by atoms with van der Waals surface area (Å²) in [7, 11) is 0. The van der Waals surface area contributed by atoms with E-state index in [9.17, 15) is 5.11 Å². The highest BCUT2D eigenvalue weighted by atomic mass is 16.3. The molecule has 1 saturated carbocycles. The first kappa shape index (κ1) is 14.3. The van der Waals surface area contributed by atoms with Crippen molar-refractivity contribution in [3.05, 3.63) is 0 Å². The summed E-state index contributed by atoms with van der Waals surface area (Å²) >= 11 is 0. The highest BCUT2D eigenvalue weighted by Crippen LogP contribution is 2.36. The lowest BCUT2D eigenvalue weighted by atomic mass is 9.75. The van der Waals surface area contributed by atoms with Crippen LogP contribution < -0.4 is 0 Å². The average molecular weight is 253 g/mol. The highest BCUT2D eigenvalue weighted by molar-refractivity contribution is 4.96. The Labute approximate surface area is 113 Å². The van der Waals surface area contributed by atoms with Crippen molar-refractivity contribution in [1.29, 1.82) is 0 Å².